The van der Waals surface area contributed by atoms with Gasteiger partial charge < -0.3 is 15.4 Å². The van der Waals surface area contributed by atoms with Crippen molar-refractivity contribution in [2.45, 2.75) is 12.5 Å². The number of primary amides is 1. The molecule has 0 bridgehead atoms. The molecule has 3 rings (SSSR count). The Morgan fingerprint density at radius 2 is 1.78 bits per heavy atom. The Kier molecular flexibility index (Phi) is 4.21. The lowest BCUT2D eigenvalue weighted by Crippen LogP contribution is -2.32. The summed E-state index contributed by atoms with van der Waals surface area (Å²) in [7, 11) is 0. The molecule has 0 saturated carbocycles. The summed E-state index contributed by atoms with van der Waals surface area (Å²) >= 11 is 5.86. The highest BCUT2D eigenvalue weighted by molar-refractivity contribution is 6.30. The van der Waals surface area contributed by atoms with E-state index in [9.17, 15) is 9.59 Å². The first kappa shape index (κ1) is 15.4. The van der Waals surface area contributed by atoms with Crippen LogP contribution in [0.15, 0.2) is 48.5 Å². The Morgan fingerprint density at radius 3 is 2.39 bits per heavy atom. The third-order valence-electron chi connectivity index (χ3n) is 3.71. The maximum absolute atomic E-state index is 12.5. The number of nitrogens with zero attached hydrogens (tertiary/aromatic N) is 1. The molecule has 2 N–H and O–H groups in total. The van der Waals surface area contributed by atoms with Crippen LogP contribution in [0.4, 0.5) is 5.69 Å². The van der Waals surface area contributed by atoms with Gasteiger partial charge in [-0.1, -0.05) is 11.6 Å². The van der Waals surface area contributed by atoms with Crippen molar-refractivity contribution >= 4 is 29.1 Å². The monoisotopic (exact) mass is 330 g/mol. The summed E-state index contributed by atoms with van der Waals surface area (Å²) in [6.07, 6.45) is 0.0593. The summed E-state index contributed by atoms with van der Waals surface area (Å²) in [5.74, 6) is -0.0555. The third-order valence-corrected chi connectivity index (χ3v) is 3.96. The molecule has 0 aliphatic carbocycles. The lowest BCUT2D eigenvalue weighted by atomic mass is 10.2. The van der Waals surface area contributed by atoms with Gasteiger partial charge in [-0.05, 0) is 48.5 Å². The average molecular weight is 331 g/mol. The first-order valence-electron chi connectivity index (χ1n) is 7.18. The van der Waals surface area contributed by atoms with Crippen LogP contribution in [0.5, 0.6) is 5.75 Å². The van der Waals surface area contributed by atoms with Crippen LogP contribution in [0.2, 0.25) is 5.02 Å². The van der Waals surface area contributed by atoms with Crippen LogP contribution in [-0.2, 0) is 4.79 Å². The van der Waals surface area contributed by atoms with Gasteiger partial charge in [0.2, 0.25) is 5.91 Å². The van der Waals surface area contributed by atoms with E-state index < -0.39 is 12.0 Å². The van der Waals surface area contributed by atoms with Gasteiger partial charge in [0.15, 0.2) is 6.10 Å². The minimum Gasteiger partial charge on any atom is -0.481 e. The Morgan fingerprint density at radius 1 is 1.13 bits per heavy atom. The predicted octanol–water partition coefficient (Wildman–Crippen LogP) is 2.62. The summed E-state index contributed by atoms with van der Waals surface area (Å²) < 4.78 is 5.73. The molecule has 2 aromatic carbocycles. The summed E-state index contributed by atoms with van der Waals surface area (Å²) in [4.78, 5) is 25.2. The van der Waals surface area contributed by atoms with E-state index in [4.69, 9.17) is 22.1 Å². The van der Waals surface area contributed by atoms with Crippen LogP contribution in [0.1, 0.15) is 16.8 Å². The molecular formula is C17H15ClN2O3. The molecule has 0 spiro atoms. The summed E-state index contributed by atoms with van der Waals surface area (Å²) in [5.41, 5.74) is 6.39. The summed E-state index contributed by atoms with van der Waals surface area (Å²) in [5, 5.41) is 0.628. The molecule has 1 unspecified atom stereocenters. The Labute approximate surface area is 138 Å². The molecule has 23 heavy (non-hydrogen) atoms. The average Bonchev–Trinajstić information content (AvgIpc) is 2.90. The van der Waals surface area contributed by atoms with Crippen molar-refractivity contribution in [1.82, 2.24) is 0 Å². The summed E-state index contributed by atoms with van der Waals surface area (Å²) in [6, 6.07) is 13.6. The first-order chi connectivity index (χ1) is 11.0. The van der Waals surface area contributed by atoms with Crippen molar-refractivity contribution in [3.63, 3.8) is 0 Å². The van der Waals surface area contributed by atoms with E-state index in [1.807, 2.05) is 12.1 Å². The zero-order chi connectivity index (χ0) is 16.4. The van der Waals surface area contributed by atoms with E-state index in [1.54, 1.807) is 41.3 Å². The number of amides is 2. The number of benzene rings is 2. The van der Waals surface area contributed by atoms with E-state index in [1.165, 1.54) is 0 Å². The molecule has 5 nitrogen and oxygen atoms in total. The SMILES string of the molecule is NC(=O)c1ccc(OC2CCN(c3ccc(Cl)cc3)C2=O)cc1. The molecule has 1 aliphatic rings. The van der Waals surface area contributed by atoms with Crippen molar-refractivity contribution in [3.05, 3.63) is 59.1 Å². The van der Waals surface area contributed by atoms with Crippen molar-refractivity contribution in [2.75, 3.05) is 11.4 Å². The van der Waals surface area contributed by atoms with E-state index in [-0.39, 0.29) is 5.91 Å². The maximum Gasteiger partial charge on any atom is 0.268 e. The van der Waals surface area contributed by atoms with E-state index in [0.717, 1.165) is 5.69 Å². The normalized spacial score (nSPS) is 17.3. The fraction of sp³-hybridized carbons (Fsp3) is 0.176. The highest BCUT2D eigenvalue weighted by atomic mass is 35.5. The van der Waals surface area contributed by atoms with Crippen molar-refractivity contribution < 1.29 is 14.3 Å². The maximum atomic E-state index is 12.5. The number of carbonyl (C=O) groups is 2. The van der Waals surface area contributed by atoms with Crippen molar-refractivity contribution in [2.24, 2.45) is 5.73 Å². The number of ether oxygens (including phenoxy) is 1. The summed E-state index contributed by atoms with van der Waals surface area (Å²) in [6.45, 7) is 0.588. The Hall–Kier alpha value is -2.53. The molecule has 1 heterocycles. The third kappa shape index (κ3) is 3.29. The number of rotatable bonds is 4. The lowest BCUT2D eigenvalue weighted by molar-refractivity contribution is -0.122. The van der Waals surface area contributed by atoms with Crippen LogP contribution in [-0.4, -0.2) is 24.5 Å². The molecule has 0 radical (unpaired) electrons. The van der Waals surface area contributed by atoms with Crippen LogP contribution in [0, 0.1) is 0 Å². The Bertz CT molecular complexity index is 729. The van der Waals surface area contributed by atoms with Gasteiger partial charge in [0.25, 0.3) is 5.91 Å². The van der Waals surface area contributed by atoms with Gasteiger partial charge in [0.05, 0.1) is 0 Å². The van der Waals surface area contributed by atoms with Gasteiger partial charge >= 0.3 is 0 Å². The number of anilines is 1. The molecule has 6 heteroatoms. The van der Waals surface area contributed by atoms with Crippen molar-refractivity contribution in [1.29, 1.82) is 0 Å². The van der Waals surface area contributed by atoms with Crippen LogP contribution in [0.3, 0.4) is 0 Å². The highest BCUT2D eigenvalue weighted by Crippen LogP contribution is 2.26. The van der Waals surface area contributed by atoms with Crippen LogP contribution < -0.4 is 15.4 Å². The van der Waals surface area contributed by atoms with Gasteiger partial charge in [-0.2, -0.15) is 0 Å². The molecular weight excluding hydrogens is 316 g/mol. The largest absolute Gasteiger partial charge is 0.481 e. The highest BCUT2D eigenvalue weighted by Gasteiger charge is 2.34. The smallest absolute Gasteiger partial charge is 0.268 e. The number of hydrogen-bond acceptors (Lipinski definition) is 3. The molecule has 0 aromatic heterocycles. The van der Waals surface area contributed by atoms with Crippen LogP contribution in [0.25, 0.3) is 0 Å². The predicted molar refractivity (Wildman–Crippen MR) is 87.8 cm³/mol. The molecule has 118 valence electrons. The molecule has 2 aromatic rings. The number of hydrogen-bond donors (Lipinski definition) is 1. The second kappa shape index (κ2) is 6.30. The quantitative estimate of drug-likeness (QED) is 0.936. The fourth-order valence-electron chi connectivity index (χ4n) is 2.50. The van der Waals surface area contributed by atoms with Gasteiger partial charge in [-0.15, -0.1) is 0 Å². The molecule has 1 saturated heterocycles. The van der Waals surface area contributed by atoms with Crippen LogP contribution >= 0.6 is 11.6 Å². The first-order valence-corrected chi connectivity index (χ1v) is 7.56. The minimum atomic E-state index is -0.537. The molecule has 1 aliphatic heterocycles. The number of carbonyl (C=O) groups excluding carboxylic acids is 2. The standard InChI is InChI=1S/C17H15ClN2O3/c18-12-3-5-13(6-4-12)20-10-9-15(17(20)22)23-14-7-1-11(2-8-14)16(19)21/h1-8,15H,9-10H2,(H2,19,21). The van der Waals surface area contributed by atoms with E-state index >= 15 is 0 Å². The second-order valence-electron chi connectivity index (χ2n) is 5.25. The number of nitrogens with two attached hydrogens (primary N) is 1. The van der Waals surface area contributed by atoms with E-state index in [2.05, 4.69) is 0 Å². The molecule has 1 fully saturated rings. The molecule has 2 amide bonds. The van der Waals surface area contributed by atoms with Gasteiger partial charge in [-0.3, -0.25) is 9.59 Å². The van der Waals surface area contributed by atoms with Gasteiger partial charge in [0.1, 0.15) is 5.75 Å². The van der Waals surface area contributed by atoms with Gasteiger partial charge in [0, 0.05) is 29.2 Å². The second-order valence-corrected chi connectivity index (χ2v) is 5.69. The topological polar surface area (TPSA) is 72.6 Å². The van der Waals surface area contributed by atoms with E-state index in [0.29, 0.717) is 29.3 Å². The zero-order valence-electron chi connectivity index (χ0n) is 12.2. The van der Waals surface area contributed by atoms with Gasteiger partial charge in [-0.25, -0.2) is 0 Å². The number of halogens is 1. The zero-order valence-corrected chi connectivity index (χ0v) is 13.0. The molecule has 1 atom stereocenters. The minimum absolute atomic E-state index is 0.0914. The Balaban J connectivity index is 1.69. The van der Waals surface area contributed by atoms with Crippen molar-refractivity contribution in [3.8, 4) is 5.75 Å². The lowest BCUT2D eigenvalue weighted by Gasteiger charge is -2.17. The fourth-order valence-corrected chi connectivity index (χ4v) is 2.63.